The van der Waals surface area contributed by atoms with Crippen molar-refractivity contribution in [1.82, 2.24) is 4.98 Å². The van der Waals surface area contributed by atoms with Gasteiger partial charge in [0.2, 0.25) is 0 Å². The van der Waals surface area contributed by atoms with Crippen molar-refractivity contribution in [2.24, 2.45) is 0 Å². The lowest BCUT2D eigenvalue weighted by molar-refractivity contribution is -0.141. The van der Waals surface area contributed by atoms with E-state index < -0.39 is 11.9 Å². The van der Waals surface area contributed by atoms with E-state index in [0.717, 1.165) is 49.5 Å². The maximum absolute atomic E-state index is 13.6. The van der Waals surface area contributed by atoms with E-state index in [2.05, 4.69) is 18.8 Å². The number of alkyl halides is 3. The smallest absolute Gasteiger partial charge is 0.243 e. The molecule has 2 rings (SSSR count). The number of hydrogen-bond acceptors (Lipinski definition) is 1. The number of halogens is 3. The van der Waals surface area contributed by atoms with Crippen molar-refractivity contribution in [2.75, 3.05) is 0 Å². The Kier molecular flexibility index (Phi) is 6.64. The molecule has 0 bridgehead atoms. The van der Waals surface area contributed by atoms with Crippen LogP contribution in [-0.4, -0.2) is 4.98 Å². The Bertz CT molecular complexity index is 662. The van der Waals surface area contributed by atoms with Crippen LogP contribution in [-0.2, 0) is 19.0 Å². The van der Waals surface area contributed by atoms with Gasteiger partial charge in [0.25, 0.3) is 0 Å². The monoisotopic (exact) mass is 337 g/mol. The highest BCUT2D eigenvalue weighted by atomic mass is 19.4. The van der Waals surface area contributed by atoms with E-state index in [1.165, 1.54) is 0 Å². The Labute approximate surface area is 142 Å². The second kappa shape index (κ2) is 8.50. The van der Waals surface area contributed by atoms with Crippen molar-refractivity contribution in [3.8, 4) is 0 Å². The van der Waals surface area contributed by atoms with Crippen molar-refractivity contribution in [1.29, 1.82) is 0 Å². The molecular weight excluding hydrogens is 311 g/mol. The first kappa shape index (κ1) is 18.8. The first-order valence-electron chi connectivity index (χ1n) is 8.96. The molecule has 0 aliphatic carbocycles. The summed E-state index contributed by atoms with van der Waals surface area (Å²) in [6.45, 7) is 4.17. The van der Waals surface area contributed by atoms with Gasteiger partial charge in [0.15, 0.2) is 0 Å². The number of para-hydroxylation sites is 1. The van der Waals surface area contributed by atoms with Gasteiger partial charge in [-0.05, 0) is 42.9 Å². The third kappa shape index (κ3) is 4.49. The maximum Gasteiger partial charge on any atom is 0.433 e. The van der Waals surface area contributed by atoms with Crippen molar-refractivity contribution in [2.45, 2.75) is 71.4 Å². The lowest BCUT2D eigenvalue weighted by Gasteiger charge is -2.19. The Hall–Kier alpha value is -1.58. The van der Waals surface area contributed by atoms with Crippen LogP contribution in [0.1, 0.15) is 69.2 Å². The minimum absolute atomic E-state index is 0.422. The van der Waals surface area contributed by atoms with Gasteiger partial charge in [-0.2, -0.15) is 13.2 Å². The van der Waals surface area contributed by atoms with Crippen LogP contribution in [0.25, 0.3) is 10.9 Å². The molecule has 1 nitrogen and oxygen atoms in total. The topological polar surface area (TPSA) is 12.9 Å². The molecule has 0 amide bonds. The van der Waals surface area contributed by atoms with Gasteiger partial charge in [-0.1, -0.05) is 57.7 Å². The zero-order valence-corrected chi connectivity index (χ0v) is 14.5. The number of rotatable bonds is 8. The number of unbranched alkanes of at least 4 members (excludes halogenated alkanes) is 4. The number of aromatic nitrogens is 1. The number of fused-ring (bicyclic) bond motifs is 1. The zero-order chi connectivity index (χ0) is 17.6. The van der Waals surface area contributed by atoms with Crippen LogP contribution in [0.15, 0.2) is 24.3 Å². The minimum Gasteiger partial charge on any atom is -0.243 e. The number of benzene rings is 1. The number of nitrogens with zero attached hydrogens (tertiary/aromatic N) is 1. The molecule has 0 aliphatic heterocycles. The molecule has 2 aromatic rings. The lowest BCUT2D eigenvalue weighted by atomic mass is 9.92. The minimum atomic E-state index is -4.40. The second-order valence-corrected chi connectivity index (χ2v) is 6.35. The van der Waals surface area contributed by atoms with Gasteiger partial charge >= 0.3 is 6.18 Å². The molecule has 0 radical (unpaired) electrons. The fraction of sp³-hybridized carbons (Fsp3) is 0.550. The average Bonchev–Trinajstić information content (AvgIpc) is 2.55. The van der Waals surface area contributed by atoms with Crippen LogP contribution in [0.3, 0.4) is 0 Å². The molecule has 0 unspecified atom stereocenters. The third-order valence-corrected chi connectivity index (χ3v) is 4.44. The summed E-state index contributed by atoms with van der Waals surface area (Å²) in [5, 5.41) is 0.883. The highest BCUT2D eigenvalue weighted by Gasteiger charge is 2.36. The molecule has 0 aliphatic rings. The highest BCUT2D eigenvalue weighted by molar-refractivity contribution is 5.83. The van der Waals surface area contributed by atoms with Crippen LogP contribution in [0.2, 0.25) is 0 Å². The summed E-state index contributed by atoms with van der Waals surface area (Å²) in [6.07, 6.45) is 2.48. The summed E-state index contributed by atoms with van der Waals surface area (Å²) in [6, 6.07) is 7.23. The summed E-state index contributed by atoms with van der Waals surface area (Å²) in [5.74, 6) is 0. The van der Waals surface area contributed by atoms with E-state index in [1.807, 2.05) is 12.1 Å². The standard InChI is InChI=1S/C20H26F3N/c1-3-5-7-11-15-16-12-9-10-14-18(16)24-19(20(21,22)23)17(15)13-8-6-4-2/h9-10,12,14H,3-8,11,13H2,1-2H3. The molecule has 1 aromatic carbocycles. The number of aryl methyl sites for hydroxylation is 1. The van der Waals surface area contributed by atoms with Crippen LogP contribution in [0.4, 0.5) is 13.2 Å². The molecule has 0 saturated heterocycles. The van der Waals surface area contributed by atoms with E-state index in [1.54, 1.807) is 12.1 Å². The molecular formula is C20H26F3N. The normalized spacial score (nSPS) is 12.0. The van der Waals surface area contributed by atoms with Gasteiger partial charge < -0.3 is 0 Å². The van der Waals surface area contributed by atoms with Crippen LogP contribution in [0, 0.1) is 0 Å². The van der Waals surface area contributed by atoms with Crippen LogP contribution >= 0.6 is 0 Å². The summed E-state index contributed by atoms with van der Waals surface area (Å²) >= 11 is 0. The van der Waals surface area contributed by atoms with Crippen molar-refractivity contribution >= 4 is 10.9 Å². The van der Waals surface area contributed by atoms with E-state index >= 15 is 0 Å². The largest absolute Gasteiger partial charge is 0.433 e. The molecule has 0 fully saturated rings. The molecule has 0 saturated carbocycles. The fourth-order valence-corrected chi connectivity index (χ4v) is 3.21. The van der Waals surface area contributed by atoms with Gasteiger partial charge in [0.1, 0.15) is 5.69 Å². The van der Waals surface area contributed by atoms with E-state index in [9.17, 15) is 13.2 Å². The first-order chi connectivity index (χ1) is 11.5. The fourth-order valence-electron chi connectivity index (χ4n) is 3.21. The quantitative estimate of drug-likeness (QED) is 0.487. The Morgan fingerprint density at radius 1 is 0.833 bits per heavy atom. The molecule has 4 heteroatoms. The number of hydrogen-bond donors (Lipinski definition) is 0. The molecule has 132 valence electrons. The molecule has 24 heavy (non-hydrogen) atoms. The summed E-state index contributed by atoms with van der Waals surface area (Å²) in [5.41, 5.74) is 1.06. The van der Waals surface area contributed by atoms with Gasteiger partial charge in [-0.15, -0.1) is 0 Å². The average molecular weight is 337 g/mol. The molecule has 0 spiro atoms. The van der Waals surface area contributed by atoms with Crippen LogP contribution < -0.4 is 0 Å². The van der Waals surface area contributed by atoms with Crippen molar-refractivity contribution in [3.63, 3.8) is 0 Å². The Morgan fingerprint density at radius 3 is 2.00 bits per heavy atom. The predicted octanol–water partition coefficient (Wildman–Crippen LogP) is 6.72. The highest BCUT2D eigenvalue weighted by Crippen LogP contribution is 2.36. The number of pyridine rings is 1. The predicted molar refractivity (Wildman–Crippen MR) is 93.2 cm³/mol. The second-order valence-electron chi connectivity index (χ2n) is 6.35. The molecule has 0 atom stereocenters. The van der Waals surface area contributed by atoms with Crippen molar-refractivity contribution < 1.29 is 13.2 Å². The lowest BCUT2D eigenvalue weighted by Crippen LogP contribution is -2.15. The zero-order valence-electron chi connectivity index (χ0n) is 14.5. The van der Waals surface area contributed by atoms with Gasteiger partial charge in [0, 0.05) is 5.39 Å². The molecule has 0 N–H and O–H groups in total. The van der Waals surface area contributed by atoms with Gasteiger partial charge in [-0.25, -0.2) is 4.98 Å². The van der Waals surface area contributed by atoms with Gasteiger partial charge in [-0.3, -0.25) is 0 Å². The summed E-state index contributed by atoms with van der Waals surface area (Å²) < 4.78 is 40.8. The molecule has 1 aromatic heterocycles. The first-order valence-corrected chi connectivity index (χ1v) is 8.96. The summed E-state index contributed by atoms with van der Waals surface area (Å²) in [4.78, 5) is 3.99. The van der Waals surface area contributed by atoms with Gasteiger partial charge in [0.05, 0.1) is 5.52 Å². The third-order valence-electron chi connectivity index (χ3n) is 4.44. The SMILES string of the molecule is CCCCCc1c(C(F)(F)F)nc2ccccc2c1CCCCC. The van der Waals surface area contributed by atoms with E-state index in [0.29, 0.717) is 23.9 Å². The van der Waals surface area contributed by atoms with Crippen LogP contribution in [0.5, 0.6) is 0 Å². The van der Waals surface area contributed by atoms with E-state index in [4.69, 9.17) is 0 Å². The molecule has 1 heterocycles. The Morgan fingerprint density at radius 2 is 1.42 bits per heavy atom. The van der Waals surface area contributed by atoms with Crippen molar-refractivity contribution in [3.05, 3.63) is 41.1 Å². The Balaban J connectivity index is 2.56. The summed E-state index contributed by atoms with van der Waals surface area (Å²) in [7, 11) is 0. The van der Waals surface area contributed by atoms with E-state index in [-0.39, 0.29) is 0 Å². The maximum atomic E-state index is 13.6.